The van der Waals surface area contributed by atoms with Gasteiger partial charge in [-0.2, -0.15) is 0 Å². The molecule has 1 saturated carbocycles. The molecule has 1 atom stereocenters. The minimum absolute atomic E-state index is 0. The number of rotatable bonds is 2. The topological polar surface area (TPSA) is 55.1 Å². The first-order valence-electron chi connectivity index (χ1n) is 12.5. The van der Waals surface area contributed by atoms with Gasteiger partial charge in [0.1, 0.15) is 0 Å². The van der Waals surface area contributed by atoms with E-state index in [1.165, 1.54) is 5.56 Å². The Labute approximate surface area is 226 Å². The average molecular weight is 656 g/mol. The van der Waals surface area contributed by atoms with E-state index in [2.05, 4.69) is 79.1 Å². The quantitative estimate of drug-likeness (QED) is 0.228. The fourth-order valence-corrected chi connectivity index (χ4v) is 5.41. The Morgan fingerprint density at radius 3 is 2.36 bits per heavy atom. The van der Waals surface area contributed by atoms with Crippen molar-refractivity contribution in [1.82, 2.24) is 9.55 Å². The number of carbonyl (C=O) groups is 1. The van der Waals surface area contributed by atoms with Crippen LogP contribution in [0.3, 0.4) is 0 Å². The number of carbonyl (C=O) groups excluding carboxylic acids is 1. The molecule has 0 bridgehead atoms. The summed E-state index contributed by atoms with van der Waals surface area (Å²) in [5, 5.41) is 9.53. The number of hydrogen-bond donors (Lipinski definition) is 1. The summed E-state index contributed by atoms with van der Waals surface area (Å²) >= 11 is 0. The van der Waals surface area contributed by atoms with E-state index in [0.717, 1.165) is 71.3 Å². The van der Waals surface area contributed by atoms with Gasteiger partial charge in [-0.1, -0.05) is 44.2 Å². The third-order valence-electron chi connectivity index (χ3n) is 6.91. The van der Waals surface area contributed by atoms with Crippen LogP contribution in [-0.4, -0.2) is 20.4 Å². The van der Waals surface area contributed by atoms with Gasteiger partial charge in [-0.15, -0.1) is 34.9 Å². The number of para-hydroxylation sites is 3. The molecule has 36 heavy (non-hydrogen) atoms. The van der Waals surface area contributed by atoms with Crippen molar-refractivity contribution in [3.05, 3.63) is 95.3 Å². The minimum atomic E-state index is 0. The fraction of sp³-hybridized carbons (Fsp3) is 0.290. The molecule has 0 aliphatic heterocycles. The van der Waals surface area contributed by atoms with E-state index >= 15 is 0 Å². The molecule has 1 fully saturated rings. The summed E-state index contributed by atoms with van der Waals surface area (Å²) in [6, 6.07) is 26.4. The molecular weight excluding hydrogens is 625 g/mol. The Hall–Kier alpha value is -3.01. The van der Waals surface area contributed by atoms with Gasteiger partial charge in [-0.05, 0) is 55.9 Å². The number of allylic oxidation sites excluding steroid dienone is 2. The van der Waals surface area contributed by atoms with Crippen molar-refractivity contribution in [2.75, 3.05) is 0 Å². The first-order valence-corrected chi connectivity index (χ1v) is 12.5. The molecular formula is C31H31IrN2O2-. The second-order valence-electron chi connectivity index (χ2n) is 9.61. The van der Waals surface area contributed by atoms with E-state index in [4.69, 9.17) is 4.98 Å². The molecule has 187 valence electrons. The third-order valence-corrected chi connectivity index (χ3v) is 6.91. The molecule has 1 unspecified atom stereocenters. The molecule has 1 aromatic heterocycles. The van der Waals surface area contributed by atoms with Crippen LogP contribution in [0.2, 0.25) is 0 Å². The smallest absolute Gasteiger partial charge is 0.162 e. The number of aliphatic hydroxyl groups is 1. The average Bonchev–Trinajstić information content (AvgIpc) is 3.24. The van der Waals surface area contributed by atoms with Gasteiger partial charge < -0.3 is 9.67 Å². The van der Waals surface area contributed by atoms with Crippen molar-refractivity contribution in [3.8, 4) is 17.1 Å². The maximum Gasteiger partial charge on any atom is 0.162 e. The van der Waals surface area contributed by atoms with Crippen LogP contribution < -0.4 is 0 Å². The summed E-state index contributed by atoms with van der Waals surface area (Å²) in [6.07, 6.45) is 5.64. The van der Waals surface area contributed by atoms with Crippen LogP contribution >= 0.6 is 0 Å². The molecule has 0 amide bonds. The zero-order valence-electron chi connectivity index (χ0n) is 20.8. The van der Waals surface area contributed by atoms with Gasteiger partial charge in [-0.25, -0.2) is 0 Å². The zero-order chi connectivity index (χ0) is 24.4. The van der Waals surface area contributed by atoms with E-state index in [1.807, 2.05) is 12.1 Å². The maximum absolute atomic E-state index is 11.4. The van der Waals surface area contributed by atoms with Gasteiger partial charge in [0.25, 0.3) is 0 Å². The van der Waals surface area contributed by atoms with E-state index in [9.17, 15) is 9.90 Å². The van der Waals surface area contributed by atoms with Crippen molar-refractivity contribution in [2.45, 2.75) is 52.4 Å². The predicted octanol–water partition coefficient (Wildman–Crippen LogP) is 7.46. The molecule has 1 heterocycles. The second-order valence-corrected chi connectivity index (χ2v) is 9.61. The number of aromatic nitrogens is 2. The maximum atomic E-state index is 11.4. The van der Waals surface area contributed by atoms with E-state index in [0.29, 0.717) is 18.1 Å². The number of hydrogen-bond acceptors (Lipinski definition) is 3. The van der Waals surface area contributed by atoms with Crippen LogP contribution in [-0.2, 0) is 24.9 Å². The molecule has 4 aromatic rings. The number of Topliss-reactive ketones (excluding diaryl/α,β-unsaturated/α-hetero) is 1. The molecule has 3 aromatic carbocycles. The first-order chi connectivity index (χ1) is 17.0. The third kappa shape index (κ3) is 5.38. The van der Waals surface area contributed by atoms with Gasteiger partial charge >= 0.3 is 0 Å². The largest absolute Gasteiger partial charge is 0.512 e. The van der Waals surface area contributed by atoms with Crippen molar-refractivity contribution in [3.63, 3.8) is 0 Å². The summed E-state index contributed by atoms with van der Waals surface area (Å²) in [4.78, 5) is 16.3. The Morgan fingerprint density at radius 2 is 1.64 bits per heavy atom. The van der Waals surface area contributed by atoms with E-state index in [1.54, 1.807) is 0 Å². The number of aryl methyl sites for hydroxylation is 2. The standard InChI is InChI=1S/C21H17N2.C10H14O2.Ir/c1-15-12-16(2)14-17(13-15)21-22-19-10-6-7-11-20(19)23(21)18-8-4-3-5-9-18;11-8-5-1-3-7-4-2-6-9(12)10(7)8;/h3-13H,1-2H3;7,11H,1-6H2;/q-1;;. The van der Waals surface area contributed by atoms with Gasteiger partial charge in [0.15, 0.2) is 5.78 Å². The normalized spacial score (nSPS) is 17.2. The van der Waals surface area contributed by atoms with Crippen LogP contribution in [0, 0.1) is 25.8 Å². The molecule has 2 aliphatic rings. The summed E-state index contributed by atoms with van der Waals surface area (Å²) in [5.74, 6) is 1.91. The fourth-order valence-electron chi connectivity index (χ4n) is 5.41. The zero-order valence-corrected chi connectivity index (χ0v) is 23.1. The molecule has 0 saturated heterocycles. The monoisotopic (exact) mass is 656 g/mol. The van der Waals surface area contributed by atoms with Crippen LogP contribution in [0.25, 0.3) is 28.1 Å². The van der Waals surface area contributed by atoms with Crippen molar-refractivity contribution < 1.29 is 30.0 Å². The molecule has 5 heteroatoms. The van der Waals surface area contributed by atoms with Gasteiger partial charge in [0, 0.05) is 44.2 Å². The Balaban J connectivity index is 0.000000198. The second kappa shape index (κ2) is 11.4. The predicted molar refractivity (Wildman–Crippen MR) is 141 cm³/mol. The molecule has 0 spiro atoms. The Morgan fingerprint density at radius 1 is 0.944 bits per heavy atom. The molecule has 2 aliphatic carbocycles. The summed E-state index contributed by atoms with van der Waals surface area (Å²) in [5.41, 5.74) is 7.38. The van der Waals surface area contributed by atoms with Crippen LogP contribution in [0.4, 0.5) is 0 Å². The summed E-state index contributed by atoms with van der Waals surface area (Å²) in [7, 11) is 0. The summed E-state index contributed by atoms with van der Waals surface area (Å²) in [6.45, 7) is 4.19. The summed E-state index contributed by atoms with van der Waals surface area (Å²) < 4.78 is 2.21. The van der Waals surface area contributed by atoms with Crippen LogP contribution in [0.1, 0.15) is 49.7 Å². The van der Waals surface area contributed by atoms with Crippen molar-refractivity contribution in [2.24, 2.45) is 5.92 Å². The van der Waals surface area contributed by atoms with Crippen molar-refractivity contribution in [1.29, 1.82) is 0 Å². The van der Waals surface area contributed by atoms with E-state index < -0.39 is 0 Å². The van der Waals surface area contributed by atoms with Gasteiger partial charge in [0.05, 0.1) is 22.6 Å². The number of ketones is 1. The molecule has 1 radical (unpaired) electrons. The molecule has 1 N–H and O–H groups in total. The van der Waals surface area contributed by atoms with Crippen LogP contribution in [0.5, 0.6) is 0 Å². The first kappa shape index (κ1) is 26.1. The number of benzene rings is 3. The van der Waals surface area contributed by atoms with Gasteiger partial charge in [0.2, 0.25) is 0 Å². The number of fused-ring (bicyclic) bond motifs is 2. The number of imidazole rings is 1. The van der Waals surface area contributed by atoms with Gasteiger partial charge in [-0.3, -0.25) is 9.78 Å². The Kier molecular flexibility index (Phi) is 8.23. The van der Waals surface area contributed by atoms with Crippen LogP contribution in [0.15, 0.2) is 78.1 Å². The SMILES string of the molecule is Cc1[c-]c(-c2nc3ccccc3n2-c2ccccc2)cc(C)c1.O=C1CCCC2CCCC(O)=C12.[Ir]. The molecule has 6 rings (SSSR count). The minimum Gasteiger partial charge on any atom is -0.512 e. The molecule has 4 nitrogen and oxygen atoms in total. The number of aliphatic hydroxyl groups excluding tert-OH is 1. The van der Waals surface area contributed by atoms with E-state index in [-0.39, 0.29) is 25.9 Å². The Bertz CT molecular complexity index is 1380. The number of nitrogens with zero attached hydrogens (tertiary/aromatic N) is 2. The van der Waals surface area contributed by atoms with Crippen molar-refractivity contribution >= 4 is 16.8 Å².